The van der Waals surface area contributed by atoms with Gasteiger partial charge in [-0.05, 0) is 98.9 Å². The van der Waals surface area contributed by atoms with Gasteiger partial charge in [-0.25, -0.2) is 24.0 Å². The molecule has 0 aliphatic carbocycles. The highest BCUT2D eigenvalue weighted by molar-refractivity contribution is 5.89. The van der Waals surface area contributed by atoms with Gasteiger partial charge in [0.25, 0.3) is 0 Å². The van der Waals surface area contributed by atoms with Gasteiger partial charge in [0.1, 0.15) is 35.3 Å². The third kappa shape index (κ3) is 15.6. The van der Waals surface area contributed by atoms with Crippen molar-refractivity contribution in [1.82, 2.24) is 20.2 Å². The van der Waals surface area contributed by atoms with Gasteiger partial charge >= 0.3 is 35.9 Å². The predicted octanol–water partition coefficient (Wildman–Crippen LogP) is 6.00. The van der Waals surface area contributed by atoms with E-state index < -0.39 is 77.8 Å². The molecule has 1 aliphatic heterocycles. The van der Waals surface area contributed by atoms with Gasteiger partial charge in [-0.3, -0.25) is 14.7 Å². The average Bonchev–Trinajstić information content (AvgIpc) is 3.30. The zero-order valence-electron chi connectivity index (χ0n) is 33.7. The summed E-state index contributed by atoms with van der Waals surface area (Å²) in [7, 11) is 0. The van der Waals surface area contributed by atoms with Crippen LogP contribution in [-0.4, -0.2) is 87.9 Å². The molecule has 1 aromatic heterocycles. The molecule has 1 unspecified atom stereocenters. The van der Waals surface area contributed by atoms with E-state index >= 15 is 8.78 Å². The molecule has 19 heteroatoms. The van der Waals surface area contributed by atoms with E-state index in [4.69, 9.17) is 28.4 Å². The van der Waals surface area contributed by atoms with Gasteiger partial charge in [0.15, 0.2) is 0 Å². The van der Waals surface area contributed by atoms with Crippen molar-refractivity contribution >= 4 is 36.0 Å². The Morgan fingerprint density at radius 2 is 1.46 bits per heavy atom. The standard InChI is InChI=1S/C38H53F2N5O12/c1-35(2,3)55-29(47)24-16-14-23(15-17-24)21-42-27(46)13-11-10-12-19-41-32(49)52-22-25-28(54-34(51)57-37(7,8)9)38(39,40)30(53-25)45-20-18-26(43-31(45)48)44-33(50)56-36(4,5)6/h14-18,20,25,28,30H,10-13,19,21-22H2,1-9H3,(H,41,49)(H,42,46)(H,43,44,48,50)/t25-,28?,30-/m1/s1. The van der Waals surface area contributed by atoms with Crippen LogP contribution in [0.4, 0.5) is 29.0 Å². The fourth-order valence-electron chi connectivity index (χ4n) is 5.07. The highest BCUT2D eigenvalue weighted by Crippen LogP contribution is 2.44. The Kier molecular flexibility index (Phi) is 15.5. The van der Waals surface area contributed by atoms with Gasteiger partial charge in [0.05, 0.1) is 5.56 Å². The van der Waals surface area contributed by atoms with E-state index in [1.807, 2.05) is 0 Å². The quantitative estimate of drug-likeness (QED) is 0.114. The third-order valence-electron chi connectivity index (χ3n) is 7.48. The Morgan fingerprint density at radius 3 is 2.05 bits per heavy atom. The summed E-state index contributed by atoms with van der Waals surface area (Å²) in [5, 5.41) is 7.53. The van der Waals surface area contributed by atoms with Crippen molar-refractivity contribution in [3.8, 4) is 0 Å². The molecular weight excluding hydrogens is 756 g/mol. The number of rotatable bonds is 14. The first-order valence-corrected chi connectivity index (χ1v) is 18.3. The van der Waals surface area contributed by atoms with Crippen LogP contribution < -0.4 is 21.6 Å². The second-order valence-corrected chi connectivity index (χ2v) is 16.1. The molecule has 316 valence electrons. The molecule has 17 nitrogen and oxygen atoms in total. The number of anilines is 1. The summed E-state index contributed by atoms with van der Waals surface area (Å²) in [6.07, 6.45) is -7.15. The van der Waals surface area contributed by atoms with Crippen LogP contribution in [0.15, 0.2) is 41.3 Å². The smallest absolute Gasteiger partial charge is 0.456 e. The Morgan fingerprint density at radius 1 is 0.825 bits per heavy atom. The van der Waals surface area contributed by atoms with Crippen LogP contribution >= 0.6 is 0 Å². The molecule has 0 spiro atoms. The van der Waals surface area contributed by atoms with Gasteiger partial charge in [0.2, 0.25) is 18.2 Å². The van der Waals surface area contributed by atoms with E-state index in [1.54, 1.807) is 65.8 Å². The van der Waals surface area contributed by atoms with Crippen molar-refractivity contribution in [2.75, 3.05) is 18.5 Å². The number of unbranched alkanes of at least 4 members (excludes halogenated alkanes) is 2. The number of nitrogens with zero attached hydrogens (tertiary/aromatic N) is 2. The second kappa shape index (κ2) is 19.2. The predicted molar refractivity (Wildman–Crippen MR) is 200 cm³/mol. The van der Waals surface area contributed by atoms with Crippen LogP contribution in [0.25, 0.3) is 0 Å². The van der Waals surface area contributed by atoms with E-state index in [1.165, 1.54) is 20.8 Å². The average molecular weight is 810 g/mol. The normalized spacial score (nSPS) is 17.8. The summed E-state index contributed by atoms with van der Waals surface area (Å²) in [5.74, 6) is -4.96. The summed E-state index contributed by atoms with van der Waals surface area (Å²) in [5.41, 5.74) is -2.61. The number of halogens is 2. The van der Waals surface area contributed by atoms with E-state index in [0.29, 0.717) is 29.4 Å². The lowest BCUT2D eigenvalue weighted by Crippen LogP contribution is -2.45. The minimum absolute atomic E-state index is 0.136. The van der Waals surface area contributed by atoms with Crippen LogP contribution in [0.5, 0.6) is 0 Å². The molecule has 2 heterocycles. The Labute approximate surface area is 329 Å². The molecule has 3 amide bonds. The topological polar surface area (TPSA) is 212 Å². The molecule has 3 N–H and O–H groups in total. The maximum Gasteiger partial charge on any atom is 0.509 e. The molecule has 0 saturated carbocycles. The number of benzene rings is 1. The van der Waals surface area contributed by atoms with Crippen LogP contribution in [0.2, 0.25) is 0 Å². The molecule has 3 atom stereocenters. The molecule has 0 bridgehead atoms. The maximum atomic E-state index is 15.9. The molecule has 1 aliphatic rings. The fraction of sp³-hybridized carbons (Fsp3) is 0.605. The van der Waals surface area contributed by atoms with Crippen molar-refractivity contribution < 1.29 is 61.2 Å². The van der Waals surface area contributed by atoms with E-state index in [-0.39, 0.29) is 31.2 Å². The lowest BCUT2D eigenvalue weighted by molar-refractivity contribution is -0.149. The summed E-state index contributed by atoms with van der Waals surface area (Å²) in [6.45, 7) is 14.3. The Hall–Kier alpha value is -5.33. The summed E-state index contributed by atoms with van der Waals surface area (Å²) < 4.78 is 63.2. The summed E-state index contributed by atoms with van der Waals surface area (Å²) in [6, 6.07) is 7.79. The Bertz CT molecular complexity index is 1780. The molecule has 3 rings (SSSR count). The minimum atomic E-state index is -4.06. The maximum absolute atomic E-state index is 15.9. The molecule has 1 fully saturated rings. The van der Waals surface area contributed by atoms with Crippen LogP contribution in [0.3, 0.4) is 0 Å². The zero-order valence-corrected chi connectivity index (χ0v) is 33.7. The SMILES string of the molecule is CC(C)(C)OC(=O)Nc1ccn([C@@H]2O[C@H](COC(=O)NCCCCCC(=O)NCc3ccc(C(=O)OC(C)(C)C)cc3)C(OC(=O)OC(C)(C)C)C2(F)F)c(=O)n1. The molecular formula is C38H53F2N5O12. The highest BCUT2D eigenvalue weighted by Gasteiger charge is 2.63. The molecule has 1 saturated heterocycles. The number of alkyl carbamates (subject to hydrolysis) is 1. The first-order valence-electron chi connectivity index (χ1n) is 18.3. The molecule has 0 radical (unpaired) electrons. The zero-order chi connectivity index (χ0) is 42.8. The van der Waals surface area contributed by atoms with Crippen LogP contribution in [0.1, 0.15) is 110 Å². The van der Waals surface area contributed by atoms with Crippen molar-refractivity contribution in [1.29, 1.82) is 0 Å². The number of aromatic nitrogens is 2. The number of hydrogen-bond donors (Lipinski definition) is 3. The second-order valence-electron chi connectivity index (χ2n) is 16.1. The number of nitrogens with one attached hydrogen (secondary N) is 3. The van der Waals surface area contributed by atoms with Crippen molar-refractivity contribution in [2.24, 2.45) is 0 Å². The number of hydrogen-bond acceptors (Lipinski definition) is 13. The fourth-order valence-corrected chi connectivity index (χ4v) is 5.07. The molecule has 57 heavy (non-hydrogen) atoms. The first-order chi connectivity index (χ1) is 26.3. The number of carbonyl (C=O) groups excluding carboxylic acids is 5. The van der Waals surface area contributed by atoms with E-state index in [0.717, 1.165) is 17.8 Å². The van der Waals surface area contributed by atoms with E-state index in [9.17, 15) is 28.8 Å². The van der Waals surface area contributed by atoms with Crippen molar-refractivity contribution in [2.45, 2.75) is 136 Å². The minimum Gasteiger partial charge on any atom is -0.456 e. The van der Waals surface area contributed by atoms with Crippen LogP contribution in [-0.2, 0) is 39.8 Å². The van der Waals surface area contributed by atoms with Gasteiger partial charge in [0, 0.05) is 25.7 Å². The summed E-state index contributed by atoms with van der Waals surface area (Å²) in [4.78, 5) is 77.9. The lowest BCUT2D eigenvalue weighted by Gasteiger charge is -2.26. The molecule has 2 aromatic rings. The lowest BCUT2D eigenvalue weighted by atomic mass is 10.1. The van der Waals surface area contributed by atoms with Crippen molar-refractivity contribution in [3.63, 3.8) is 0 Å². The number of esters is 1. The van der Waals surface area contributed by atoms with Crippen molar-refractivity contribution in [3.05, 3.63) is 58.1 Å². The number of ether oxygens (including phenoxy) is 6. The monoisotopic (exact) mass is 809 g/mol. The van der Waals surface area contributed by atoms with Crippen LogP contribution in [0, 0.1) is 0 Å². The number of amides is 3. The molecule has 1 aromatic carbocycles. The summed E-state index contributed by atoms with van der Waals surface area (Å²) >= 11 is 0. The van der Waals surface area contributed by atoms with E-state index in [2.05, 4.69) is 20.9 Å². The first kappa shape index (κ1) is 46.1. The van der Waals surface area contributed by atoms with Gasteiger partial charge in [-0.2, -0.15) is 13.8 Å². The highest BCUT2D eigenvalue weighted by atomic mass is 19.3. The van der Waals surface area contributed by atoms with Gasteiger partial charge in [-0.1, -0.05) is 18.6 Å². The third-order valence-corrected chi connectivity index (χ3v) is 7.48. The largest absolute Gasteiger partial charge is 0.509 e. The number of carbonyl (C=O) groups is 5. The van der Waals surface area contributed by atoms with Gasteiger partial charge < -0.3 is 39.1 Å². The van der Waals surface area contributed by atoms with Gasteiger partial charge in [-0.15, -0.1) is 0 Å². The Balaban J connectivity index is 1.49. The number of alkyl halides is 2.